The van der Waals surface area contributed by atoms with Gasteiger partial charge in [0.25, 0.3) is 5.91 Å². The van der Waals surface area contributed by atoms with Gasteiger partial charge < -0.3 is 10.8 Å². The summed E-state index contributed by atoms with van der Waals surface area (Å²) in [5.74, 6) is -0.320. The Labute approximate surface area is 138 Å². The molecule has 1 saturated heterocycles. The topological polar surface area (TPSA) is 66.6 Å². The molecule has 4 heteroatoms. The van der Waals surface area contributed by atoms with Gasteiger partial charge in [0.1, 0.15) is 0 Å². The van der Waals surface area contributed by atoms with Crippen LogP contribution >= 0.6 is 0 Å². The molecule has 0 bridgehead atoms. The van der Waals surface area contributed by atoms with E-state index in [9.17, 15) is 9.90 Å². The summed E-state index contributed by atoms with van der Waals surface area (Å²) in [7, 11) is 0. The maximum atomic E-state index is 10.9. The third kappa shape index (κ3) is 3.94. The predicted molar refractivity (Wildman–Crippen MR) is 91.7 cm³/mol. The molecule has 1 heterocycles. The minimum Gasteiger partial charge on any atom is -0.503 e. The first kappa shape index (κ1) is 16.1. The molecule has 0 spiro atoms. The number of aliphatic hydroxyl groups is 1. The number of likely N-dealkylation sites (tertiary alicyclic amines) is 1. The summed E-state index contributed by atoms with van der Waals surface area (Å²) in [6, 6.07) is 8.62. The van der Waals surface area contributed by atoms with Crippen LogP contribution in [0.4, 0.5) is 0 Å². The highest BCUT2D eigenvalue weighted by Crippen LogP contribution is 2.35. The number of aliphatic hydroxyl groups excluding tert-OH is 1. The van der Waals surface area contributed by atoms with Crippen LogP contribution in [-0.2, 0) is 4.79 Å². The van der Waals surface area contributed by atoms with E-state index in [1.165, 1.54) is 63.3 Å². The third-order valence-corrected chi connectivity index (χ3v) is 5.21. The summed E-state index contributed by atoms with van der Waals surface area (Å²) < 4.78 is 0. The minimum atomic E-state index is -0.799. The molecule has 23 heavy (non-hydrogen) atoms. The average molecular weight is 314 g/mol. The van der Waals surface area contributed by atoms with Gasteiger partial charge in [0.05, 0.1) is 0 Å². The number of carbonyl (C=O) groups is 1. The lowest BCUT2D eigenvalue weighted by Gasteiger charge is -2.27. The predicted octanol–water partition coefficient (Wildman–Crippen LogP) is 3.40. The number of hydrogen-bond donors (Lipinski definition) is 2. The van der Waals surface area contributed by atoms with E-state index in [1.54, 1.807) is 0 Å². The van der Waals surface area contributed by atoms with Gasteiger partial charge in [-0.1, -0.05) is 37.1 Å². The Morgan fingerprint density at radius 2 is 1.87 bits per heavy atom. The van der Waals surface area contributed by atoms with E-state index in [1.807, 2.05) is 12.1 Å². The van der Waals surface area contributed by atoms with Crippen molar-refractivity contribution in [3.05, 3.63) is 41.2 Å². The second kappa shape index (κ2) is 7.18. The van der Waals surface area contributed by atoms with Crippen molar-refractivity contribution in [1.82, 2.24) is 4.90 Å². The molecule has 2 aliphatic rings. The molecular weight excluding hydrogens is 288 g/mol. The number of primary amides is 1. The van der Waals surface area contributed by atoms with Crippen LogP contribution < -0.4 is 5.73 Å². The molecule has 1 aliphatic heterocycles. The number of carbonyl (C=O) groups excluding carboxylic acids is 1. The van der Waals surface area contributed by atoms with Crippen molar-refractivity contribution < 1.29 is 9.90 Å². The second-order valence-electron chi connectivity index (χ2n) is 6.86. The van der Waals surface area contributed by atoms with Gasteiger partial charge in [0, 0.05) is 12.6 Å². The number of nitrogens with zero attached hydrogens (tertiary/aromatic N) is 1. The lowest BCUT2D eigenvalue weighted by molar-refractivity contribution is -0.116. The highest BCUT2D eigenvalue weighted by atomic mass is 16.3. The summed E-state index contributed by atoms with van der Waals surface area (Å²) >= 11 is 0. The molecule has 1 unspecified atom stereocenters. The molecule has 1 amide bonds. The number of benzene rings is 1. The first-order valence-corrected chi connectivity index (χ1v) is 8.68. The normalized spacial score (nSPS) is 23.5. The molecule has 1 aromatic carbocycles. The van der Waals surface area contributed by atoms with Crippen molar-refractivity contribution in [2.45, 2.75) is 44.6 Å². The zero-order chi connectivity index (χ0) is 16.2. The van der Waals surface area contributed by atoms with Gasteiger partial charge in [-0.25, -0.2) is 0 Å². The Balaban J connectivity index is 1.68. The van der Waals surface area contributed by atoms with E-state index < -0.39 is 11.7 Å². The smallest absolute Gasteiger partial charge is 0.283 e. The molecule has 1 aliphatic carbocycles. The molecular formula is C19H26N2O2. The first-order chi connectivity index (χ1) is 11.1. The summed E-state index contributed by atoms with van der Waals surface area (Å²) in [4.78, 5) is 13.5. The lowest BCUT2D eigenvalue weighted by atomic mass is 10.0. The van der Waals surface area contributed by atoms with Gasteiger partial charge in [-0.15, -0.1) is 0 Å². The van der Waals surface area contributed by atoms with E-state index in [-0.39, 0.29) is 0 Å². The Bertz CT molecular complexity index is 574. The van der Waals surface area contributed by atoms with Crippen LogP contribution in [0.15, 0.2) is 30.0 Å². The number of amides is 1. The molecule has 1 atom stereocenters. The molecule has 0 aromatic heterocycles. The largest absolute Gasteiger partial charge is 0.503 e. The van der Waals surface area contributed by atoms with Gasteiger partial charge in [-0.3, -0.25) is 9.69 Å². The van der Waals surface area contributed by atoms with Crippen molar-refractivity contribution in [3.8, 4) is 0 Å². The third-order valence-electron chi connectivity index (χ3n) is 5.21. The molecule has 124 valence electrons. The fourth-order valence-corrected chi connectivity index (χ4v) is 3.99. The van der Waals surface area contributed by atoms with Crippen LogP contribution in [0, 0.1) is 5.92 Å². The fraction of sp³-hybridized carbons (Fsp3) is 0.526. The summed E-state index contributed by atoms with van der Waals surface area (Å²) in [5.41, 5.74) is 7.17. The Morgan fingerprint density at radius 3 is 2.52 bits per heavy atom. The maximum Gasteiger partial charge on any atom is 0.283 e. The highest BCUT2D eigenvalue weighted by Gasteiger charge is 2.28. The molecule has 1 aromatic rings. The van der Waals surface area contributed by atoms with Crippen molar-refractivity contribution >= 4 is 12.0 Å². The van der Waals surface area contributed by atoms with Crippen LogP contribution in [0.3, 0.4) is 0 Å². The Hall–Kier alpha value is -1.81. The van der Waals surface area contributed by atoms with Crippen molar-refractivity contribution in [3.63, 3.8) is 0 Å². The van der Waals surface area contributed by atoms with E-state index in [0.717, 1.165) is 11.5 Å². The van der Waals surface area contributed by atoms with E-state index >= 15 is 0 Å². The standard InChI is InChI=1S/C19H26N2O2/c20-19(23)18(22)12-14-7-9-16(10-8-14)17-6-3-11-21(17)13-15-4-1-2-5-15/h7-10,12,15,17,22H,1-6,11,13H2,(H2,20,23). The molecule has 3 rings (SSSR count). The minimum absolute atomic E-state index is 0.401. The van der Waals surface area contributed by atoms with Crippen molar-refractivity contribution in [2.75, 3.05) is 13.1 Å². The van der Waals surface area contributed by atoms with Crippen molar-refractivity contribution in [1.29, 1.82) is 0 Å². The molecule has 1 saturated carbocycles. The van der Waals surface area contributed by atoms with Crippen LogP contribution in [0.5, 0.6) is 0 Å². The van der Waals surface area contributed by atoms with Gasteiger partial charge >= 0.3 is 0 Å². The number of nitrogens with two attached hydrogens (primary N) is 1. The monoisotopic (exact) mass is 314 g/mol. The van der Waals surface area contributed by atoms with Gasteiger partial charge in [-0.2, -0.15) is 0 Å². The molecule has 3 N–H and O–H groups in total. The fourth-order valence-electron chi connectivity index (χ4n) is 3.99. The maximum absolute atomic E-state index is 10.9. The van der Waals surface area contributed by atoms with Gasteiger partial charge in [0.15, 0.2) is 5.76 Å². The van der Waals surface area contributed by atoms with Gasteiger partial charge in [-0.05, 0) is 55.3 Å². The molecule has 4 nitrogen and oxygen atoms in total. The average Bonchev–Trinajstić information content (AvgIpc) is 3.20. The second-order valence-corrected chi connectivity index (χ2v) is 6.86. The number of hydrogen-bond acceptors (Lipinski definition) is 3. The quantitative estimate of drug-likeness (QED) is 0.646. The van der Waals surface area contributed by atoms with Crippen LogP contribution in [0.1, 0.15) is 55.7 Å². The summed E-state index contributed by atoms with van der Waals surface area (Å²) in [6.07, 6.45) is 9.47. The van der Waals surface area contributed by atoms with Crippen LogP contribution in [-0.4, -0.2) is 29.0 Å². The number of rotatable bonds is 5. The highest BCUT2D eigenvalue weighted by molar-refractivity contribution is 5.93. The Morgan fingerprint density at radius 1 is 1.17 bits per heavy atom. The SMILES string of the molecule is NC(=O)C(O)=Cc1ccc(C2CCCN2CC2CCCC2)cc1. The van der Waals surface area contributed by atoms with Gasteiger partial charge in [0.2, 0.25) is 0 Å². The molecule has 0 radical (unpaired) electrons. The Kier molecular flexibility index (Phi) is 5.01. The van der Waals surface area contributed by atoms with Crippen LogP contribution in [0.25, 0.3) is 6.08 Å². The van der Waals surface area contributed by atoms with E-state index in [0.29, 0.717) is 6.04 Å². The lowest BCUT2D eigenvalue weighted by Crippen LogP contribution is -2.28. The summed E-state index contributed by atoms with van der Waals surface area (Å²) in [6.45, 7) is 2.43. The van der Waals surface area contributed by atoms with E-state index in [4.69, 9.17) is 5.73 Å². The van der Waals surface area contributed by atoms with Crippen LogP contribution in [0.2, 0.25) is 0 Å². The van der Waals surface area contributed by atoms with Crippen molar-refractivity contribution in [2.24, 2.45) is 11.7 Å². The zero-order valence-corrected chi connectivity index (χ0v) is 13.6. The van der Waals surface area contributed by atoms with E-state index in [2.05, 4.69) is 17.0 Å². The zero-order valence-electron chi connectivity index (χ0n) is 13.6. The first-order valence-electron chi connectivity index (χ1n) is 8.68. The molecule has 2 fully saturated rings. The summed E-state index contributed by atoms with van der Waals surface area (Å²) in [5, 5.41) is 9.44.